The summed E-state index contributed by atoms with van der Waals surface area (Å²) in [6.45, 7) is 12.6. The van der Waals surface area contributed by atoms with E-state index in [1.54, 1.807) is 41.9 Å². The number of piperidine rings is 1. The summed E-state index contributed by atoms with van der Waals surface area (Å²) in [6, 6.07) is 8.39. The Labute approximate surface area is 426 Å². The molecular weight excluding hydrogens is 925 g/mol. The Hall–Kier alpha value is -3.87. The van der Waals surface area contributed by atoms with E-state index < -0.39 is 89.6 Å². The third-order valence-corrected chi connectivity index (χ3v) is 16.6. The number of methoxy groups -OCH3 is 2. The lowest BCUT2D eigenvalue weighted by Crippen LogP contribution is -2.61. The van der Waals surface area contributed by atoms with E-state index in [-0.39, 0.29) is 73.2 Å². The molecule has 1 aromatic rings. The molecule has 402 valence electrons. The highest BCUT2D eigenvalue weighted by Gasteiger charge is 2.53. The zero-order valence-electron chi connectivity index (χ0n) is 44.2. The van der Waals surface area contributed by atoms with Crippen molar-refractivity contribution in [3.8, 4) is 0 Å². The molecule has 1 amide bonds. The number of anilines is 1. The Morgan fingerprint density at radius 2 is 1.53 bits per heavy atom. The molecule has 0 radical (unpaired) electrons. The second-order valence-electron chi connectivity index (χ2n) is 22.1. The highest BCUT2D eigenvalue weighted by molar-refractivity contribution is 6.39. The number of nitrogens with zero attached hydrogens (tertiary/aromatic N) is 2. The molecule has 6 aliphatic rings. The molecule has 1 aromatic carbocycles. The zero-order valence-corrected chi connectivity index (χ0v) is 44.2. The molecule has 16 nitrogen and oxygen atoms in total. The summed E-state index contributed by atoms with van der Waals surface area (Å²) in [5.74, 6) is -8.85. The van der Waals surface area contributed by atoms with Crippen molar-refractivity contribution in [3.63, 3.8) is 0 Å². The Morgan fingerprint density at radius 1 is 0.806 bits per heavy atom. The molecule has 5 aliphatic heterocycles. The lowest BCUT2D eigenvalue weighted by Gasteiger charge is -2.43. The van der Waals surface area contributed by atoms with E-state index in [2.05, 4.69) is 6.92 Å². The average molecular weight is 1010 g/mol. The number of aliphatic hydroxyl groups is 4. The standard InChI is InChI=1S/C56H84N2O14/c1-32-25-36(5)50(61)52(63)51(62)37(6)26-33(2)46(60)31-48(34(3)27-39-19-23-45(59)49(29-39)69-9)70-55(66)44-17-13-14-24-57(44)54(65)53(64)56(67)38(7)18-20-41(71-56)30-47(68-8)35(4)28-42-21-22-43(32)58(72-42)40-15-11-10-12-16-40/h10-12,15-16,26,28,32-34,36,38-39,41-45,47-49,51-52,59,62-63,67H,13-14,17-25,27,29-31H2,1-9H3/b35-28+,37-26+/t32-,33+,34+,36+,38+,39?,41?,42?,43?,44?,45?,47?,48?,49+,51?,52-,56?/m0/s1. The van der Waals surface area contributed by atoms with E-state index in [9.17, 15) is 44.4 Å². The number of Topliss-reactive ketones (excluding diaryl/α,β-unsaturated/α-hetero) is 3. The van der Waals surface area contributed by atoms with E-state index in [0.29, 0.717) is 70.6 Å². The van der Waals surface area contributed by atoms with Crippen molar-refractivity contribution in [1.82, 2.24) is 4.90 Å². The topological polar surface area (TPSA) is 219 Å². The molecule has 4 fully saturated rings. The fraction of sp³-hybridized carbons (Fsp3) is 0.732. The highest BCUT2D eigenvalue weighted by atomic mass is 16.7. The first-order chi connectivity index (χ1) is 34.2. The molecule has 17 atom stereocenters. The van der Waals surface area contributed by atoms with Crippen LogP contribution in [0.5, 0.6) is 0 Å². The SMILES string of the molecule is COC1CC2CC[C@@H](C)C(O)(O2)C(=O)C(=O)N2CCCCC2C(=O)OC([C@H](C)CC2CCC(O)[C@H](OC)C2)CC(=O)[C@H](C)/C=C(\C)C(O)[C@@H](O)C(=O)[C@H](C)C[C@H](C)C2CCC(/C=C/1C)ON2c1ccccc1. The van der Waals surface area contributed by atoms with E-state index in [4.69, 9.17) is 23.8 Å². The number of ketones is 3. The molecule has 3 saturated heterocycles. The van der Waals surface area contributed by atoms with Crippen molar-refractivity contribution in [2.75, 3.05) is 25.8 Å². The van der Waals surface area contributed by atoms with Gasteiger partial charge in [-0.25, -0.2) is 4.79 Å². The number of hydrogen-bond donors (Lipinski definition) is 4. The maximum absolute atomic E-state index is 14.4. The van der Waals surface area contributed by atoms with Crippen molar-refractivity contribution < 1.29 is 68.2 Å². The molecule has 10 unspecified atom stereocenters. The molecule has 5 heterocycles. The van der Waals surface area contributed by atoms with Crippen LogP contribution in [0.2, 0.25) is 0 Å². The quantitative estimate of drug-likeness (QED) is 0.138. The minimum absolute atomic E-state index is 0.0666. The summed E-state index contributed by atoms with van der Waals surface area (Å²) in [6.07, 6.45) is 3.08. The molecule has 72 heavy (non-hydrogen) atoms. The van der Waals surface area contributed by atoms with Crippen LogP contribution in [-0.2, 0) is 47.8 Å². The molecule has 4 N–H and O–H groups in total. The lowest BCUT2D eigenvalue weighted by molar-refractivity contribution is -0.265. The predicted molar refractivity (Wildman–Crippen MR) is 269 cm³/mol. The third-order valence-electron chi connectivity index (χ3n) is 16.6. The van der Waals surface area contributed by atoms with Crippen LogP contribution < -0.4 is 5.06 Å². The largest absolute Gasteiger partial charge is 0.460 e. The number of carbonyl (C=O) groups excluding carboxylic acids is 5. The van der Waals surface area contributed by atoms with Gasteiger partial charge in [-0.3, -0.25) is 29.1 Å². The molecule has 4 bridgehead atoms. The zero-order chi connectivity index (χ0) is 52.6. The number of hydrogen-bond acceptors (Lipinski definition) is 15. The van der Waals surface area contributed by atoms with E-state index in [1.807, 2.05) is 55.3 Å². The van der Waals surface area contributed by atoms with Gasteiger partial charge in [0.25, 0.3) is 11.7 Å². The number of ether oxygens (including phenoxy) is 4. The summed E-state index contributed by atoms with van der Waals surface area (Å²) in [7, 11) is 3.14. The Balaban J connectivity index is 1.33. The van der Waals surface area contributed by atoms with E-state index in [0.717, 1.165) is 11.3 Å². The number of esters is 1. The van der Waals surface area contributed by atoms with Gasteiger partial charge in [0.05, 0.1) is 36.1 Å². The van der Waals surface area contributed by atoms with Crippen LogP contribution in [0.1, 0.15) is 138 Å². The van der Waals surface area contributed by atoms with Crippen molar-refractivity contribution in [1.29, 1.82) is 0 Å². The first-order valence-electron chi connectivity index (χ1n) is 26.7. The van der Waals surface area contributed by atoms with Gasteiger partial charge < -0.3 is 44.3 Å². The van der Waals surface area contributed by atoms with Gasteiger partial charge in [0, 0.05) is 51.4 Å². The fourth-order valence-corrected chi connectivity index (χ4v) is 11.9. The predicted octanol–water partition coefficient (Wildman–Crippen LogP) is 6.38. The van der Waals surface area contributed by atoms with Gasteiger partial charge in [-0.1, -0.05) is 65.0 Å². The van der Waals surface area contributed by atoms with Crippen LogP contribution >= 0.6 is 0 Å². The van der Waals surface area contributed by atoms with Gasteiger partial charge in [-0.15, -0.1) is 0 Å². The first kappa shape index (κ1) is 57.4. The number of amides is 1. The van der Waals surface area contributed by atoms with Crippen molar-refractivity contribution >= 4 is 34.9 Å². The summed E-state index contributed by atoms with van der Waals surface area (Å²) < 4.78 is 24.1. The number of benzene rings is 1. The number of aliphatic hydroxyl groups excluding tert-OH is 3. The molecule has 16 heteroatoms. The van der Waals surface area contributed by atoms with Crippen LogP contribution in [-0.4, -0.2) is 142 Å². The molecule has 1 saturated carbocycles. The first-order valence-corrected chi connectivity index (χ1v) is 26.7. The van der Waals surface area contributed by atoms with Gasteiger partial charge >= 0.3 is 5.97 Å². The third kappa shape index (κ3) is 13.7. The van der Waals surface area contributed by atoms with Gasteiger partial charge in [0.2, 0.25) is 5.79 Å². The molecule has 7 rings (SSSR count). The minimum atomic E-state index is -2.47. The van der Waals surface area contributed by atoms with Crippen molar-refractivity contribution in [2.24, 2.45) is 35.5 Å². The van der Waals surface area contributed by atoms with Gasteiger partial charge in [-0.05, 0) is 132 Å². The number of fused-ring (bicyclic) bond motifs is 17. The van der Waals surface area contributed by atoms with Crippen LogP contribution in [0, 0.1) is 35.5 Å². The average Bonchev–Trinajstić information content (AvgIpc) is 3.37. The number of allylic oxidation sites excluding steroid dienone is 1. The molecule has 1 aliphatic carbocycles. The minimum Gasteiger partial charge on any atom is -0.460 e. The fourth-order valence-electron chi connectivity index (χ4n) is 11.9. The van der Waals surface area contributed by atoms with Gasteiger partial charge in [-0.2, -0.15) is 0 Å². The van der Waals surface area contributed by atoms with Crippen LogP contribution in [0.25, 0.3) is 0 Å². The Morgan fingerprint density at radius 3 is 2.22 bits per heavy atom. The van der Waals surface area contributed by atoms with Crippen molar-refractivity contribution in [3.05, 3.63) is 53.6 Å². The second kappa shape index (κ2) is 25.6. The monoisotopic (exact) mass is 1010 g/mol. The maximum Gasteiger partial charge on any atom is 0.329 e. The highest BCUT2D eigenvalue weighted by Crippen LogP contribution is 2.39. The van der Waals surface area contributed by atoms with E-state index in [1.165, 1.54) is 11.0 Å². The molecule has 0 spiro atoms. The summed E-state index contributed by atoms with van der Waals surface area (Å²) in [5, 5.41) is 47.3. The number of hydroxylamine groups is 1. The Bertz CT molecular complexity index is 2080. The summed E-state index contributed by atoms with van der Waals surface area (Å²) in [5.41, 5.74) is 1.93. The van der Waals surface area contributed by atoms with Gasteiger partial charge in [0.1, 0.15) is 36.2 Å². The normalized spacial score (nSPS) is 39.8. The molecule has 0 aromatic heterocycles. The van der Waals surface area contributed by atoms with Crippen molar-refractivity contribution in [2.45, 2.75) is 205 Å². The Kier molecular flexibility index (Phi) is 20.4. The smallest absolute Gasteiger partial charge is 0.329 e. The van der Waals surface area contributed by atoms with Crippen LogP contribution in [0.3, 0.4) is 0 Å². The maximum atomic E-state index is 14.4. The molecular formula is C56H84N2O14. The summed E-state index contributed by atoms with van der Waals surface area (Å²) in [4.78, 5) is 79.2. The lowest BCUT2D eigenvalue weighted by atomic mass is 9.78. The van der Waals surface area contributed by atoms with Crippen LogP contribution in [0.4, 0.5) is 5.69 Å². The number of para-hydroxylation sites is 1. The second-order valence-corrected chi connectivity index (χ2v) is 22.1. The summed E-state index contributed by atoms with van der Waals surface area (Å²) >= 11 is 0. The van der Waals surface area contributed by atoms with E-state index >= 15 is 0 Å². The van der Waals surface area contributed by atoms with Crippen LogP contribution in [0.15, 0.2) is 53.6 Å². The number of carbonyl (C=O) groups is 5. The number of rotatable bonds is 6. The van der Waals surface area contributed by atoms with Gasteiger partial charge in [0.15, 0.2) is 5.78 Å².